The lowest BCUT2D eigenvalue weighted by atomic mass is 10.00. The van der Waals surface area contributed by atoms with Crippen LogP contribution in [0.15, 0.2) is 22.8 Å². The molecule has 0 radical (unpaired) electrons. The Hall–Kier alpha value is -1.34. The molecule has 0 bridgehead atoms. The Labute approximate surface area is 125 Å². The second-order valence-electron chi connectivity index (χ2n) is 5.37. The lowest BCUT2D eigenvalue weighted by Gasteiger charge is -2.31. The standard InChI is InChI=1S/C14H22N2O4S/c1-2-9-21(18,19)16-7-3-5-12(11-16)10-15-14(17)13-6-4-8-20-13/h4,6,8,12H,2-3,5,7,9-11H2,1H3,(H,15,17). The Balaban J connectivity index is 1.86. The monoisotopic (exact) mass is 314 g/mol. The van der Waals surface area contributed by atoms with Crippen LogP contribution in [0.5, 0.6) is 0 Å². The second-order valence-corrected chi connectivity index (χ2v) is 7.46. The van der Waals surface area contributed by atoms with E-state index >= 15 is 0 Å². The minimum atomic E-state index is -3.15. The lowest BCUT2D eigenvalue weighted by molar-refractivity contribution is 0.0914. The van der Waals surface area contributed by atoms with Gasteiger partial charge in [-0.05, 0) is 37.3 Å². The van der Waals surface area contributed by atoms with Gasteiger partial charge in [0.15, 0.2) is 5.76 Å². The van der Waals surface area contributed by atoms with E-state index in [1.807, 2.05) is 6.92 Å². The van der Waals surface area contributed by atoms with Crippen molar-refractivity contribution in [3.05, 3.63) is 24.2 Å². The summed E-state index contributed by atoms with van der Waals surface area (Å²) >= 11 is 0. The van der Waals surface area contributed by atoms with Crippen LogP contribution < -0.4 is 5.32 Å². The predicted octanol–water partition coefficient (Wildman–Crippen LogP) is 1.46. The molecular formula is C14H22N2O4S. The van der Waals surface area contributed by atoms with E-state index < -0.39 is 10.0 Å². The molecule has 1 N–H and O–H groups in total. The topological polar surface area (TPSA) is 79.6 Å². The predicted molar refractivity (Wildman–Crippen MR) is 79.4 cm³/mol. The van der Waals surface area contributed by atoms with Crippen molar-refractivity contribution in [2.45, 2.75) is 26.2 Å². The number of carbonyl (C=O) groups is 1. The largest absolute Gasteiger partial charge is 0.459 e. The molecule has 0 saturated carbocycles. The van der Waals surface area contributed by atoms with Crippen LogP contribution >= 0.6 is 0 Å². The van der Waals surface area contributed by atoms with Crippen molar-refractivity contribution < 1.29 is 17.6 Å². The number of nitrogens with zero attached hydrogens (tertiary/aromatic N) is 1. The summed E-state index contributed by atoms with van der Waals surface area (Å²) in [6.45, 7) is 3.41. The summed E-state index contributed by atoms with van der Waals surface area (Å²) < 4.78 is 30.7. The van der Waals surface area contributed by atoms with Gasteiger partial charge in [-0.1, -0.05) is 6.92 Å². The van der Waals surface area contributed by atoms with E-state index in [4.69, 9.17) is 4.42 Å². The van der Waals surface area contributed by atoms with Crippen molar-refractivity contribution in [1.29, 1.82) is 0 Å². The number of hydrogen-bond acceptors (Lipinski definition) is 4. The van der Waals surface area contributed by atoms with Crippen LogP contribution in [0, 0.1) is 5.92 Å². The summed E-state index contributed by atoms with van der Waals surface area (Å²) in [5.74, 6) is 0.373. The van der Waals surface area contributed by atoms with E-state index in [1.54, 1.807) is 16.4 Å². The molecule has 1 aliphatic heterocycles. The summed E-state index contributed by atoms with van der Waals surface area (Å²) in [5, 5.41) is 2.80. The zero-order chi connectivity index (χ0) is 15.3. The number of amides is 1. The molecule has 1 unspecified atom stereocenters. The van der Waals surface area contributed by atoms with Crippen LogP contribution in [-0.4, -0.2) is 44.0 Å². The first-order valence-electron chi connectivity index (χ1n) is 7.32. The van der Waals surface area contributed by atoms with Crippen LogP contribution in [0.4, 0.5) is 0 Å². The van der Waals surface area contributed by atoms with Crippen LogP contribution in [0.25, 0.3) is 0 Å². The fourth-order valence-corrected chi connectivity index (χ4v) is 4.18. The van der Waals surface area contributed by atoms with Gasteiger partial charge in [-0.3, -0.25) is 4.79 Å². The van der Waals surface area contributed by atoms with Gasteiger partial charge in [-0.2, -0.15) is 0 Å². The molecule has 6 nitrogen and oxygen atoms in total. The zero-order valence-electron chi connectivity index (χ0n) is 12.2. The number of carbonyl (C=O) groups excluding carboxylic acids is 1. The van der Waals surface area contributed by atoms with Crippen molar-refractivity contribution in [2.24, 2.45) is 5.92 Å². The summed E-state index contributed by atoms with van der Waals surface area (Å²) in [7, 11) is -3.15. The molecule has 0 spiro atoms. The minimum absolute atomic E-state index is 0.157. The minimum Gasteiger partial charge on any atom is -0.459 e. The Morgan fingerprint density at radius 1 is 1.52 bits per heavy atom. The lowest BCUT2D eigenvalue weighted by Crippen LogP contribution is -2.44. The molecule has 1 saturated heterocycles. The van der Waals surface area contributed by atoms with Gasteiger partial charge >= 0.3 is 0 Å². The smallest absolute Gasteiger partial charge is 0.286 e. The van der Waals surface area contributed by atoms with E-state index in [0.29, 0.717) is 26.1 Å². The van der Waals surface area contributed by atoms with E-state index in [9.17, 15) is 13.2 Å². The van der Waals surface area contributed by atoms with Crippen molar-refractivity contribution in [2.75, 3.05) is 25.4 Å². The highest BCUT2D eigenvalue weighted by Crippen LogP contribution is 2.19. The third kappa shape index (κ3) is 4.31. The fraction of sp³-hybridized carbons (Fsp3) is 0.643. The molecule has 0 aromatic carbocycles. The highest BCUT2D eigenvalue weighted by molar-refractivity contribution is 7.89. The van der Waals surface area contributed by atoms with Gasteiger partial charge in [-0.25, -0.2) is 12.7 Å². The van der Waals surface area contributed by atoms with Crippen LogP contribution in [-0.2, 0) is 10.0 Å². The van der Waals surface area contributed by atoms with Crippen molar-refractivity contribution in [3.8, 4) is 0 Å². The molecule has 118 valence electrons. The summed E-state index contributed by atoms with van der Waals surface area (Å²) in [6.07, 6.45) is 3.84. The highest BCUT2D eigenvalue weighted by atomic mass is 32.2. The molecule has 0 aliphatic carbocycles. The van der Waals surface area contributed by atoms with Crippen molar-refractivity contribution >= 4 is 15.9 Å². The van der Waals surface area contributed by atoms with Crippen molar-refractivity contribution in [1.82, 2.24) is 9.62 Å². The molecule has 1 aromatic heterocycles. The molecule has 2 rings (SSSR count). The first kappa shape index (κ1) is 16.0. The number of piperidine rings is 1. The first-order chi connectivity index (χ1) is 10.0. The second kappa shape index (κ2) is 7.09. The Kier molecular flexibility index (Phi) is 5.41. The molecular weight excluding hydrogens is 292 g/mol. The molecule has 7 heteroatoms. The summed E-state index contributed by atoms with van der Waals surface area (Å²) in [5.41, 5.74) is 0. The van der Waals surface area contributed by atoms with Gasteiger partial charge in [-0.15, -0.1) is 0 Å². The number of nitrogens with one attached hydrogen (secondary N) is 1. The van der Waals surface area contributed by atoms with E-state index in [0.717, 1.165) is 12.8 Å². The summed E-state index contributed by atoms with van der Waals surface area (Å²) in [6, 6.07) is 3.27. The summed E-state index contributed by atoms with van der Waals surface area (Å²) in [4.78, 5) is 11.8. The van der Waals surface area contributed by atoms with Gasteiger partial charge in [0, 0.05) is 19.6 Å². The number of rotatable bonds is 6. The third-order valence-corrected chi connectivity index (χ3v) is 5.68. The number of hydrogen-bond donors (Lipinski definition) is 1. The van der Waals surface area contributed by atoms with Crippen LogP contribution in [0.1, 0.15) is 36.7 Å². The van der Waals surface area contributed by atoms with E-state index in [-0.39, 0.29) is 23.3 Å². The third-order valence-electron chi connectivity index (χ3n) is 3.63. The SMILES string of the molecule is CCCS(=O)(=O)N1CCCC(CNC(=O)c2ccco2)C1. The highest BCUT2D eigenvalue weighted by Gasteiger charge is 2.28. The quantitative estimate of drug-likeness (QED) is 0.862. The molecule has 1 aliphatic rings. The van der Waals surface area contributed by atoms with Crippen molar-refractivity contribution in [3.63, 3.8) is 0 Å². The van der Waals surface area contributed by atoms with Gasteiger partial charge in [0.05, 0.1) is 12.0 Å². The average molecular weight is 314 g/mol. The molecule has 1 aromatic rings. The maximum atomic E-state index is 12.1. The Morgan fingerprint density at radius 2 is 2.33 bits per heavy atom. The fourth-order valence-electron chi connectivity index (χ4n) is 2.57. The average Bonchev–Trinajstić information content (AvgIpc) is 2.99. The normalized spacial score (nSPS) is 20.3. The van der Waals surface area contributed by atoms with Crippen LogP contribution in [0.3, 0.4) is 0 Å². The number of furan rings is 1. The molecule has 21 heavy (non-hydrogen) atoms. The molecule has 1 fully saturated rings. The molecule has 1 atom stereocenters. The molecule has 1 amide bonds. The Morgan fingerprint density at radius 3 is 3.00 bits per heavy atom. The van der Waals surface area contributed by atoms with E-state index in [1.165, 1.54) is 6.26 Å². The maximum absolute atomic E-state index is 12.1. The first-order valence-corrected chi connectivity index (χ1v) is 8.93. The van der Waals surface area contributed by atoms with Gasteiger partial charge < -0.3 is 9.73 Å². The Bertz CT molecular complexity index is 554. The van der Waals surface area contributed by atoms with Gasteiger partial charge in [0.2, 0.25) is 10.0 Å². The number of sulfonamides is 1. The van der Waals surface area contributed by atoms with Gasteiger partial charge in [0.25, 0.3) is 5.91 Å². The molecule has 2 heterocycles. The van der Waals surface area contributed by atoms with Crippen LogP contribution in [0.2, 0.25) is 0 Å². The maximum Gasteiger partial charge on any atom is 0.286 e. The van der Waals surface area contributed by atoms with E-state index in [2.05, 4.69) is 5.32 Å². The zero-order valence-corrected chi connectivity index (χ0v) is 13.1. The van der Waals surface area contributed by atoms with Gasteiger partial charge in [0.1, 0.15) is 0 Å².